The van der Waals surface area contributed by atoms with Gasteiger partial charge in [-0.05, 0) is 53.9 Å². The van der Waals surface area contributed by atoms with Gasteiger partial charge in [0.15, 0.2) is 11.6 Å². The number of nitrogens with zero attached hydrogens (tertiary/aromatic N) is 3. The molecule has 1 aromatic carbocycles. The minimum atomic E-state index is -1.26. The summed E-state index contributed by atoms with van der Waals surface area (Å²) in [6.45, 7) is 5.36. The zero-order valence-electron chi connectivity index (χ0n) is 19.1. The summed E-state index contributed by atoms with van der Waals surface area (Å²) in [5, 5.41) is 19.4. The van der Waals surface area contributed by atoms with E-state index in [1.165, 1.54) is 22.1 Å². The number of carboxylic acids is 2. The summed E-state index contributed by atoms with van der Waals surface area (Å²) in [7, 11) is 1.71. The van der Waals surface area contributed by atoms with Crippen LogP contribution in [0.3, 0.4) is 0 Å². The number of rotatable bonds is 8. The van der Waals surface area contributed by atoms with Crippen molar-refractivity contribution in [1.82, 2.24) is 9.88 Å². The van der Waals surface area contributed by atoms with Crippen LogP contribution in [-0.4, -0.2) is 71.9 Å². The number of methoxy groups -OCH3 is 1. The number of hydrogen-bond acceptors (Lipinski definition) is 7. The number of pyridine rings is 1. The van der Waals surface area contributed by atoms with Crippen LogP contribution in [0.5, 0.6) is 5.75 Å². The molecule has 4 rings (SSSR count). The van der Waals surface area contributed by atoms with Gasteiger partial charge in [-0.3, -0.25) is 4.90 Å². The fourth-order valence-electron chi connectivity index (χ4n) is 3.82. The number of fused-ring (bicyclic) bond motifs is 1. The van der Waals surface area contributed by atoms with Crippen LogP contribution in [0.25, 0.3) is 10.1 Å². The third kappa shape index (κ3) is 7.29. The zero-order valence-corrected chi connectivity index (χ0v) is 19.9. The van der Waals surface area contributed by atoms with Gasteiger partial charge in [-0.15, -0.1) is 11.3 Å². The van der Waals surface area contributed by atoms with Crippen LogP contribution >= 0.6 is 11.3 Å². The Kier molecular flexibility index (Phi) is 9.42. The molecule has 1 fully saturated rings. The Morgan fingerprint density at radius 3 is 2.44 bits per heavy atom. The molecule has 3 aromatic rings. The molecule has 0 saturated carbocycles. The number of aromatic nitrogens is 1. The maximum Gasteiger partial charge on any atom is 0.328 e. The lowest BCUT2D eigenvalue weighted by molar-refractivity contribution is -0.134. The van der Waals surface area contributed by atoms with E-state index in [0.717, 1.165) is 50.7 Å². The number of benzene rings is 1. The van der Waals surface area contributed by atoms with Crippen LogP contribution in [0.1, 0.15) is 12.0 Å². The molecule has 0 radical (unpaired) electrons. The summed E-state index contributed by atoms with van der Waals surface area (Å²) in [5.74, 6) is -0.676. The number of thiophene rings is 1. The highest BCUT2D eigenvalue weighted by molar-refractivity contribution is 7.17. The van der Waals surface area contributed by atoms with Crippen molar-refractivity contribution in [2.75, 3.05) is 44.7 Å². The quantitative estimate of drug-likeness (QED) is 0.467. The molecule has 0 amide bonds. The molecule has 3 heterocycles. The highest BCUT2D eigenvalue weighted by Crippen LogP contribution is 2.27. The molecule has 0 unspecified atom stereocenters. The average Bonchev–Trinajstić information content (AvgIpc) is 3.27. The van der Waals surface area contributed by atoms with Gasteiger partial charge in [-0.25, -0.2) is 14.6 Å². The molecule has 2 aromatic heterocycles. The van der Waals surface area contributed by atoms with E-state index in [1.807, 2.05) is 29.7 Å². The van der Waals surface area contributed by atoms with Gasteiger partial charge >= 0.3 is 11.9 Å². The lowest BCUT2D eigenvalue weighted by Gasteiger charge is -2.35. The number of aryl methyl sites for hydroxylation is 1. The topological polar surface area (TPSA) is 103 Å². The van der Waals surface area contributed by atoms with Gasteiger partial charge in [0.2, 0.25) is 0 Å². The first kappa shape index (κ1) is 25.2. The van der Waals surface area contributed by atoms with Crippen molar-refractivity contribution in [1.29, 1.82) is 0 Å². The normalized spacial score (nSPS) is 14.1. The van der Waals surface area contributed by atoms with E-state index in [1.54, 1.807) is 7.11 Å². The first-order valence-electron chi connectivity index (χ1n) is 11.0. The van der Waals surface area contributed by atoms with Crippen molar-refractivity contribution in [3.8, 4) is 5.75 Å². The van der Waals surface area contributed by atoms with Crippen molar-refractivity contribution in [2.45, 2.75) is 12.8 Å². The Bertz CT molecular complexity index is 1110. The van der Waals surface area contributed by atoms with E-state index >= 15 is 0 Å². The molecule has 0 atom stereocenters. The van der Waals surface area contributed by atoms with Crippen LogP contribution in [0.2, 0.25) is 0 Å². The van der Waals surface area contributed by atoms with Gasteiger partial charge < -0.3 is 19.8 Å². The fourth-order valence-corrected chi connectivity index (χ4v) is 4.82. The van der Waals surface area contributed by atoms with E-state index < -0.39 is 11.9 Å². The van der Waals surface area contributed by atoms with Crippen molar-refractivity contribution in [3.05, 3.63) is 65.7 Å². The van der Waals surface area contributed by atoms with Crippen molar-refractivity contribution in [2.24, 2.45) is 0 Å². The number of carboxylic acid groups (broad SMARTS) is 2. The molecular weight excluding hydrogens is 454 g/mol. The molecule has 0 bridgehead atoms. The van der Waals surface area contributed by atoms with Crippen LogP contribution in [-0.2, 0) is 16.0 Å². The average molecular weight is 484 g/mol. The van der Waals surface area contributed by atoms with Crippen LogP contribution in [0.15, 0.2) is 60.1 Å². The molecule has 0 spiro atoms. The maximum atomic E-state index is 9.55. The molecule has 1 aliphatic heterocycles. The second kappa shape index (κ2) is 12.7. The number of hydrogen-bond donors (Lipinski definition) is 2. The highest BCUT2D eigenvalue weighted by atomic mass is 32.1. The predicted molar refractivity (Wildman–Crippen MR) is 134 cm³/mol. The molecule has 8 nitrogen and oxygen atoms in total. The molecule has 1 aliphatic rings. The van der Waals surface area contributed by atoms with Crippen LogP contribution < -0.4 is 9.64 Å². The Labute approximate surface area is 202 Å². The molecule has 2 N–H and O–H groups in total. The standard InChI is InChI=1S/C21H25N3OS.C4H4O4/c1-25-19-8-4-10-22-21(19)24-14-12-23(13-15-24)11-5-6-17-16-26-20-9-3-2-7-18(17)20;5-3(6)1-2-4(7)8/h2-4,7-10,16H,5-6,11-15H2,1H3;1-2H,(H,5,6)(H,7,8)/b;2-1+. The minimum Gasteiger partial charge on any atom is -0.493 e. The third-order valence-corrected chi connectivity index (χ3v) is 6.51. The Morgan fingerprint density at radius 2 is 1.76 bits per heavy atom. The number of piperazine rings is 1. The highest BCUT2D eigenvalue weighted by Gasteiger charge is 2.20. The number of anilines is 1. The van der Waals surface area contributed by atoms with Gasteiger partial charge in [-0.1, -0.05) is 18.2 Å². The first-order chi connectivity index (χ1) is 16.5. The third-order valence-electron chi connectivity index (χ3n) is 5.49. The monoisotopic (exact) mass is 483 g/mol. The summed E-state index contributed by atoms with van der Waals surface area (Å²) in [6, 6.07) is 12.6. The molecule has 9 heteroatoms. The van der Waals surface area contributed by atoms with Crippen LogP contribution in [0, 0.1) is 0 Å². The number of ether oxygens (including phenoxy) is 1. The molecule has 1 saturated heterocycles. The summed E-state index contributed by atoms with van der Waals surface area (Å²) in [5.41, 5.74) is 1.50. The molecular formula is C25H29N3O5S. The second-order valence-electron chi connectivity index (χ2n) is 7.73. The van der Waals surface area contributed by atoms with E-state index in [0.29, 0.717) is 12.2 Å². The molecule has 0 aliphatic carbocycles. The zero-order chi connectivity index (χ0) is 24.3. The van der Waals surface area contributed by atoms with Gasteiger partial charge in [0, 0.05) is 49.2 Å². The lowest BCUT2D eigenvalue weighted by atomic mass is 10.1. The SMILES string of the molecule is COc1cccnc1N1CCN(CCCc2csc3ccccc23)CC1.O=C(O)/C=C/C(=O)O. The Hall–Kier alpha value is -3.43. The van der Waals surface area contributed by atoms with Gasteiger partial charge in [-0.2, -0.15) is 0 Å². The van der Waals surface area contributed by atoms with Crippen molar-refractivity contribution < 1.29 is 24.5 Å². The Morgan fingerprint density at radius 1 is 1.06 bits per heavy atom. The maximum absolute atomic E-state index is 9.55. The summed E-state index contributed by atoms with van der Waals surface area (Å²) in [4.78, 5) is 28.5. The molecule has 180 valence electrons. The van der Waals surface area contributed by atoms with E-state index in [9.17, 15) is 9.59 Å². The van der Waals surface area contributed by atoms with E-state index in [2.05, 4.69) is 44.4 Å². The first-order valence-corrected chi connectivity index (χ1v) is 11.9. The summed E-state index contributed by atoms with van der Waals surface area (Å²) in [6.07, 6.45) is 5.34. The predicted octanol–water partition coefficient (Wildman–Crippen LogP) is 3.77. The number of carbonyl (C=O) groups is 2. The van der Waals surface area contributed by atoms with Gasteiger partial charge in [0.25, 0.3) is 0 Å². The van der Waals surface area contributed by atoms with Crippen molar-refractivity contribution >= 4 is 39.2 Å². The van der Waals surface area contributed by atoms with E-state index in [4.69, 9.17) is 14.9 Å². The van der Waals surface area contributed by atoms with E-state index in [-0.39, 0.29) is 0 Å². The molecule has 34 heavy (non-hydrogen) atoms. The second-order valence-corrected chi connectivity index (χ2v) is 8.64. The smallest absolute Gasteiger partial charge is 0.328 e. The summed E-state index contributed by atoms with van der Waals surface area (Å²) >= 11 is 1.86. The van der Waals surface area contributed by atoms with Gasteiger partial charge in [0.1, 0.15) is 0 Å². The number of aliphatic carboxylic acids is 2. The minimum absolute atomic E-state index is 0.558. The fraction of sp³-hybridized carbons (Fsp3) is 0.320. The van der Waals surface area contributed by atoms with Crippen LogP contribution in [0.4, 0.5) is 5.82 Å². The van der Waals surface area contributed by atoms with Gasteiger partial charge in [0.05, 0.1) is 7.11 Å². The lowest BCUT2D eigenvalue weighted by Crippen LogP contribution is -2.47. The summed E-state index contributed by atoms with van der Waals surface area (Å²) < 4.78 is 6.85. The Balaban J connectivity index is 0.000000350. The largest absolute Gasteiger partial charge is 0.493 e. The van der Waals surface area contributed by atoms with Crippen molar-refractivity contribution in [3.63, 3.8) is 0 Å².